The van der Waals surface area contributed by atoms with E-state index >= 15 is 0 Å². The van der Waals surface area contributed by atoms with Crippen molar-refractivity contribution in [3.05, 3.63) is 65.4 Å². The second-order valence-corrected chi connectivity index (χ2v) is 11.2. The van der Waals surface area contributed by atoms with E-state index in [1.54, 1.807) is 0 Å². The molecule has 176 valence electrons. The van der Waals surface area contributed by atoms with Gasteiger partial charge in [0.2, 0.25) is 0 Å². The molecule has 2 aliphatic heterocycles. The maximum absolute atomic E-state index is 13.6. The van der Waals surface area contributed by atoms with Gasteiger partial charge in [-0.15, -0.1) is 0 Å². The summed E-state index contributed by atoms with van der Waals surface area (Å²) in [6.45, 7) is 5.23. The smallest absolute Gasteiger partial charge is 0.252 e. The number of aromatic nitrogens is 1. The predicted molar refractivity (Wildman–Crippen MR) is 139 cm³/mol. The Labute approximate surface area is 203 Å². The van der Waals surface area contributed by atoms with Gasteiger partial charge in [0.1, 0.15) is 5.75 Å². The van der Waals surface area contributed by atoms with Crippen LogP contribution in [0.5, 0.6) is 5.75 Å². The molecule has 6 nitrogen and oxygen atoms in total. The van der Waals surface area contributed by atoms with E-state index in [0.29, 0.717) is 11.6 Å². The summed E-state index contributed by atoms with van der Waals surface area (Å²) in [4.78, 5) is 20.6. The summed E-state index contributed by atoms with van der Waals surface area (Å²) < 4.78 is 6.22. The Morgan fingerprint density at radius 2 is 2.09 bits per heavy atom. The van der Waals surface area contributed by atoms with Gasteiger partial charge in [-0.2, -0.15) is 0 Å². The number of carbonyl (C=O) groups is 1. The number of carbonyl (C=O) groups excluding carboxylic acids is 1. The molecule has 1 aromatic heterocycles. The third-order valence-corrected chi connectivity index (χ3v) is 8.79. The van der Waals surface area contributed by atoms with E-state index in [4.69, 9.17) is 4.74 Å². The Kier molecular flexibility index (Phi) is 5.34. The minimum absolute atomic E-state index is 0.0292. The molecular weight excluding hydrogens is 440 g/mol. The van der Waals surface area contributed by atoms with E-state index in [0.717, 1.165) is 71.4 Å². The van der Waals surface area contributed by atoms with E-state index in [-0.39, 0.29) is 17.2 Å². The monoisotopic (exact) mass is 472 g/mol. The SMILES string of the molecule is Cc1ccc(O[C@@H]([SiH3])[C@@H]2CCN2)cc1C(=O)NC1(c2cc(N3CCC3)cc3ncccc23)CC1. The van der Waals surface area contributed by atoms with Crippen LogP contribution in [0.25, 0.3) is 10.9 Å². The number of pyridine rings is 1. The molecule has 2 aromatic carbocycles. The number of benzene rings is 2. The first-order chi connectivity index (χ1) is 16.5. The van der Waals surface area contributed by atoms with Crippen molar-refractivity contribution in [1.82, 2.24) is 15.6 Å². The molecule has 3 fully saturated rings. The van der Waals surface area contributed by atoms with Crippen LogP contribution in [0, 0.1) is 6.92 Å². The highest BCUT2D eigenvalue weighted by Crippen LogP contribution is 2.49. The maximum atomic E-state index is 13.6. The summed E-state index contributed by atoms with van der Waals surface area (Å²) in [5.41, 5.74) is 4.94. The third-order valence-electron chi connectivity index (χ3n) is 7.75. The fraction of sp³-hybridized carbons (Fsp3) is 0.407. The number of rotatable bonds is 7. The van der Waals surface area contributed by atoms with Crippen LogP contribution in [-0.4, -0.2) is 52.5 Å². The maximum Gasteiger partial charge on any atom is 0.252 e. The molecule has 34 heavy (non-hydrogen) atoms. The number of nitrogens with one attached hydrogen (secondary N) is 2. The van der Waals surface area contributed by atoms with Gasteiger partial charge in [0, 0.05) is 42.0 Å². The Morgan fingerprint density at radius 3 is 2.76 bits per heavy atom. The van der Waals surface area contributed by atoms with Gasteiger partial charge >= 0.3 is 0 Å². The van der Waals surface area contributed by atoms with Crippen LogP contribution in [0.15, 0.2) is 48.7 Å². The van der Waals surface area contributed by atoms with Crippen LogP contribution >= 0.6 is 0 Å². The lowest BCUT2D eigenvalue weighted by Gasteiger charge is -2.34. The standard InChI is InChI=1S/C27H32N4O2Si/c1-17-5-6-19(33-26(34)23-7-11-29-23)16-21(17)25(32)30-27(8-9-27)22-14-18(31-12-3-13-31)15-24-20(22)4-2-10-28-24/h2,4-6,10,14-16,23,26,29H,3,7-9,11-13H2,1,34H3,(H,30,32)/t23-,26-/m0/s1. The number of hydrogen-bond donors (Lipinski definition) is 2. The Morgan fingerprint density at radius 1 is 1.26 bits per heavy atom. The highest BCUT2D eigenvalue weighted by atomic mass is 28.1. The molecule has 7 heteroatoms. The lowest BCUT2D eigenvalue weighted by atomic mass is 9.96. The van der Waals surface area contributed by atoms with Crippen LogP contribution < -0.4 is 20.3 Å². The van der Waals surface area contributed by atoms with Crippen molar-refractivity contribution in [3.8, 4) is 5.75 Å². The summed E-state index contributed by atoms with van der Waals surface area (Å²) in [7, 11) is 0.946. The molecular formula is C27H32N4O2Si. The molecule has 1 saturated carbocycles. The van der Waals surface area contributed by atoms with Crippen LogP contribution in [0.3, 0.4) is 0 Å². The molecule has 3 aromatic rings. The summed E-state index contributed by atoms with van der Waals surface area (Å²) in [6, 6.07) is 14.9. The molecule has 3 heterocycles. The van der Waals surface area contributed by atoms with E-state index in [1.807, 2.05) is 37.4 Å². The van der Waals surface area contributed by atoms with Crippen LogP contribution in [0.4, 0.5) is 5.69 Å². The topological polar surface area (TPSA) is 66.5 Å². The van der Waals surface area contributed by atoms with Crippen molar-refractivity contribution in [2.75, 3.05) is 24.5 Å². The highest BCUT2D eigenvalue weighted by Gasteiger charge is 2.47. The quantitative estimate of drug-likeness (QED) is 0.518. The zero-order valence-electron chi connectivity index (χ0n) is 19.9. The molecule has 2 N–H and O–H groups in total. The van der Waals surface area contributed by atoms with Crippen molar-refractivity contribution in [1.29, 1.82) is 0 Å². The van der Waals surface area contributed by atoms with Crippen LogP contribution in [0.2, 0.25) is 0 Å². The van der Waals surface area contributed by atoms with Crippen molar-refractivity contribution in [3.63, 3.8) is 0 Å². The largest absolute Gasteiger partial charge is 0.494 e. The first kappa shape index (κ1) is 21.6. The van der Waals surface area contributed by atoms with Gasteiger partial charge in [-0.1, -0.05) is 12.1 Å². The second-order valence-electron chi connectivity index (χ2n) is 10.1. The first-order valence-corrected chi connectivity index (χ1v) is 13.7. The summed E-state index contributed by atoms with van der Waals surface area (Å²) in [5, 5.41) is 7.98. The molecule has 6 rings (SSSR count). The average molecular weight is 473 g/mol. The van der Waals surface area contributed by atoms with Gasteiger partial charge in [0.05, 0.1) is 27.0 Å². The summed E-state index contributed by atoms with van der Waals surface area (Å²) in [5.74, 6) is 0.752. The molecule has 1 amide bonds. The normalized spacial score (nSPS) is 21.4. The second kappa shape index (κ2) is 8.39. The molecule has 0 spiro atoms. The minimum Gasteiger partial charge on any atom is -0.494 e. The zero-order valence-corrected chi connectivity index (χ0v) is 21.9. The number of fused-ring (bicyclic) bond motifs is 1. The van der Waals surface area contributed by atoms with E-state index in [9.17, 15) is 4.79 Å². The number of hydrogen-bond acceptors (Lipinski definition) is 5. The number of amides is 1. The summed E-state index contributed by atoms with van der Waals surface area (Å²) >= 11 is 0. The van der Waals surface area contributed by atoms with Crippen molar-refractivity contribution in [2.45, 2.75) is 49.9 Å². The minimum atomic E-state index is -0.335. The molecule has 0 bridgehead atoms. The van der Waals surface area contributed by atoms with Gasteiger partial charge in [-0.25, -0.2) is 0 Å². The number of ether oxygens (including phenoxy) is 1. The lowest BCUT2D eigenvalue weighted by molar-refractivity contribution is 0.0929. The van der Waals surface area contributed by atoms with E-state index in [2.05, 4.69) is 38.7 Å². The molecule has 1 aliphatic carbocycles. The average Bonchev–Trinajstić information content (AvgIpc) is 3.52. The van der Waals surface area contributed by atoms with Gasteiger partial charge in [-0.3, -0.25) is 9.78 Å². The van der Waals surface area contributed by atoms with Gasteiger partial charge in [0.15, 0.2) is 0 Å². The van der Waals surface area contributed by atoms with E-state index < -0.39 is 0 Å². The van der Waals surface area contributed by atoms with Crippen LogP contribution in [0.1, 0.15) is 47.2 Å². The van der Waals surface area contributed by atoms with Crippen molar-refractivity contribution >= 4 is 32.7 Å². The fourth-order valence-corrected chi connectivity index (χ4v) is 5.96. The highest BCUT2D eigenvalue weighted by molar-refractivity contribution is 6.11. The van der Waals surface area contributed by atoms with Gasteiger partial charge < -0.3 is 20.3 Å². The molecule has 2 saturated heterocycles. The lowest BCUT2D eigenvalue weighted by Crippen LogP contribution is -2.53. The van der Waals surface area contributed by atoms with Crippen molar-refractivity contribution in [2.24, 2.45) is 0 Å². The molecule has 0 unspecified atom stereocenters. The Bertz CT molecular complexity index is 1250. The Hall–Kier alpha value is -2.90. The fourth-order valence-electron chi connectivity index (χ4n) is 5.12. The van der Waals surface area contributed by atoms with Gasteiger partial charge in [-0.05, 0) is 80.6 Å². The third kappa shape index (κ3) is 3.86. The summed E-state index contributed by atoms with van der Waals surface area (Å²) in [6.07, 6.45) is 6.12. The van der Waals surface area contributed by atoms with Gasteiger partial charge in [0.25, 0.3) is 5.91 Å². The van der Waals surface area contributed by atoms with E-state index in [1.165, 1.54) is 17.7 Å². The Balaban J connectivity index is 1.28. The first-order valence-electron chi connectivity index (χ1n) is 12.5. The molecule has 2 atom stereocenters. The number of anilines is 1. The number of nitrogens with zero attached hydrogens (tertiary/aromatic N) is 2. The number of aryl methyl sites for hydroxylation is 1. The zero-order chi connectivity index (χ0) is 23.3. The molecule has 3 aliphatic rings. The molecule has 0 radical (unpaired) electrons. The van der Waals surface area contributed by atoms with Crippen molar-refractivity contribution < 1.29 is 9.53 Å². The predicted octanol–water partition coefficient (Wildman–Crippen LogP) is 2.60. The van der Waals surface area contributed by atoms with Crippen LogP contribution in [-0.2, 0) is 5.54 Å².